The number of likely N-dealkylation sites (N-methyl/N-ethyl adjacent to an activating group) is 1. The molecule has 17 heavy (non-hydrogen) atoms. The van der Waals surface area contributed by atoms with Gasteiger partial charge in [-0.25, -0.2) is 4.39 Å². The van der Waals surface area contributed by atoms with E-state index in [4.69, 9.17) is 5.11 Å². The number of halogens is 1. The summed E-state index contributed by atoms with van der Waals surface area (Å²) in [6.45, 7) is 4.18. The molecule has 0 amide bonds. The van der Waals surface area contributed by atoms with Gasteiger partial charge in [0.25, 0.3) is 0 Å². The normalized spacial score (nSPS) is 13.0. The fraction of sp³-hybridized carbons (Fsp3) is 0.571. The predicted octanol–water partition coefficient (Wildman–Crippen LogP) is 2.32. The molecular formula is C14H22FNO. The lowest BCUT2D eigenvalue weighted by molar-refractivity contribution is 0.177. The van der Waals surface area contributed by atoms with Gasteiger partial charge in [0.2, 0.25) is 0 Å². The van der Waals surface area contributed by atoms with Crippen LogP contribution in [0.15, 0.2) is 24.3 Å². The van der Waals surface area contributed by atoms with Gasteiger partial charge >= 0.3 is 0 Å². The van der Waals surface area contributed by atoms with Crippen LogP contribution in [-0.4, -0.2) is 36.8 Å². The van der Waals surface area contributed by atoms with Gasteiger partial charge < -0.3 is 10.0 Å². The molecule has 0 aliphatic rings. The van der Waals surface area contributed by atoms with E-state index in [1.807, 2.05) is 12.1 Å². The van der Waals surface area contributed by atoms with Crippen molar-refractivity contribution in [3.8, 4) is 0 Å². The van der Waals surface area contributed by atoms with Gasteiger partial charge in [0.1, 0.15) is 5.82 Å². The van der Waals surface area contributed by atoms with Crippen molar-refractivity contribution in [1.82, 2.24) is 4.90 Å². The molecule has 1 rings (SSSR count). The molecule has 0 bridgehead atoms. The Morgan fingerprint density at radius 3 is 2.47 bits per heavy atom. The largest absolute Gasteiger partial charge is 0.396 e. The zero-order chi connectivity index (χ0) is 12.7. The Kier molecular flexibility index (Phi) is 6.16. The quantitative estimate of drug-likeness (QED) is 0.789. The molecule has 0 aliphatic heterocycles. The van der Waals surface area contributed by atoms with Gasteiger partial charge in [-0.05, 0) is 43.5 Å². The number of hydrogen-bond donors (Lipinski definition) is 1. The van der Waals surface area contributed by atoms with Crippen molar-refractivity contribution in [1.29, 1.82) is 0 Å². The van der Waals surface area contributed by atoms with E-state index in [0.29, 0.717) is 5.92 Å². The highest BCUT2D eigenvalue weighted by atomic mass is 19.1. The summed E-state index contributed by atoms with van der Waals surface area (Å²) in [5.74, 6) is 0.168. The van der Waals surface area contributed by atoms with Crippen LogP contribution in [0.4, 0.5) is 4.39 Å². The summed E-state index contributed by atoms with van der Waals surface area (Å²) >= 11 is 0. The Balaban J connectivity index is 2.32. The molecule has 0 fully saturated rings. The number of nitrogens with zero attached hydrogens (tertiary/aromatic N) is 1. The van der Waals surface area contributed by atoms with Gasteiger partial charge in [-0.15, -0.1) is 0 Å². The molecule has 0 spiro atoms. The van der Waals surface area contributed by atoms with E-state index >= 15 is 0 Å². The first-order chi connectivity index (χ1) is 8.15. The van der Waals surface area contributed by atoms with Crippen LogP contribution in [0.25, 0.3) is 0 Å². The molecule has 0 aliphatic carbocycles. The zero-order valence-electron chi connectivity index (χ0n) is 10.7. The van der Waals surface area contributed by atoms with Gasteiger partial charge in [0.15, 0.2) is 0 Å². The third-order valence-electron chi connectivity index (χ3n) is 3.10. The minimum absolute atomic E-state index is 0.187. The lowest BCUT2D eigenvalue weighted by Crippen LogP contribution is -2.29. The number of hydrogen-bond acceptors (Lipinski definition) is 2. The Hall–Kier alpha value is -0.930. The van der Waals surface area contributed by atoms with Crippen LogP contribution in [0.3, 0.4) is 0 Å². The second-order valence-corrected chi connectivity index (χ2v) is 4.60. The van der Waals surface area contributed by atoms with Gasteiger partial charge in [-0.2, -0.15) is 0 Å². The van der Waals surface area contributed by atoms with E-state index in [2.05, 4.69) is 18.9 Å². The Labute approximate surface area is 103 Å². The molecule has 96 valence electrons. The highest BCUT2D eigenvalue weighted by molar-refractivity contribution is 5.16. The van der Waals surface area contributed by atoms with Crippen molar-refractivity contribution < 1.29 is 9.50 Å². The zero-order valence-corrected chi connectivity index (χ0v) is 10.7. The fourth-order valence-corrected chi connectivity index (χ4v) is 1.82. The lowest BCUT2D eigenvalue weighted by Gasteiger charge is -2.21. The second kappa shape index (κ2) is 7.41. The topological polar surface area (TPSA) is 23.5 Å². The molecule has 0 saturated heterocycles. The highest BCUT2D eigenvalue weighted by Gasteiger charge is 2.08. The molecule has 0 heterocycles. The Morgan fingerprint density at radius 1 is 1.29 bits per heavy atom. The van der Waals surface area contributed by atoms with Crippen molar-refractivity contribution >= 4 is 0 Å². The van der Waals surface area contributed by atoms with Crippen molar-refractivity contribution in [2.45, 2.75) is 19.8 Å². The number of aliphatic hydroxyl groups is 1. The molecule has 1 atom stereocenters. The van der Waals surface area contributed by atoms with E-state index < -0.39 is 0 Å². The van der Waals surface area contributed by atoms with Crippen LogP contribution < -0.4 is 0 Å². The third-order valence-corrected chi connectivity index (χ3v) is 3.10. The minimum Gasteiger partial charge on any atom is -0.396 e. The molecule has 1 aromatic rings. The number of rotatable bonds is 7. The van der Waals surface area contributed by atoms with Crippen molar-refractivity contribution in [2.24, 2.45) is 5.92 Å². The summed E-state index contributed by atoms with van der Waals surface area (Å²) < 4.78 is 12.7. The Bertz CT molecular complexity index is 309. The number of aliphatic hydroxyl groups excluding tert-OH is 1. The van der Waals surface area contributed by atoms with Crippen molar-refractivity contribution in [3.63, 3.8) is 0 Å². The summed E-state index contributed by atoms with van der Waals surface area (Å²) in [5, 5.41) is 9.12. The van der Waals surface area contributed by atoms with E-state index in [0.717, 1.165) is 31.5 Å². The first-order valence-electron chi connectivity index (χ1n) is 6.19. The summed E-state index contributed by atoms with van der Waals surface area (Å²) in [4.78, 5) is 2.22. The van der Waals surface area contributed by atoms with Gasteiger partial charge in [0.05, 0.1) is 0 Å². The summed E-state index contributed by atoms with van der Waals surface area (Å²) in [6.07, 6.45) is 1.91. The second-order valence-electron chi connectivity index (χ2n) is 4.60. The van der Waals surface area contributed by atoms with Crippen LogP contribution in [0.5, 0.6) is 0 Å². The fourth-order valence-electron chi connectivity index (χ4n) is 1.82. The first-order valence-corrected chi connectivity index (χ1v) is 6.19. The van der Waals surface area contributed by atoms with Crippen LogP contribution in [0, 0.1) is 11.7 Å². The average Bonchev–Trinajstić information content (AvgIpc) is 2.35. The summed E-state index contributed by atoms with van der Waals surface area (Å²) in [5.41, 5.74) is 1.15. The molecule has 0 aromatic heterocycles. The summed E-state index contributed by atoms with van der Waals surface area (Å²) in [7, 11) is 2.06. The molecule has 0 radical (unpaired) electrons. The van der Waals surface area contributed by atoms with Crippen LogP contribution in [-0.2, 0) is 6.42 Å². The first kappa shape index (κ1) is 14.1. The predicted molar refractivity (Wildman–Crippen MR) is 68.5 cm³/mol. The van der Waals surface area contributed by atoms with E-state index in [1.165, 1.54) is 12.1 Å². The standard InChI is InChI=1S/C14H22FNO/c1-3-12(11-17)10-16(2)9-8-13-4-6-14(15)7-5-13/h4-7,12,17H,3,8-11H2,1-2H3. The highest BCUT2D eigenvalue weighted by Crippen LogP contribution is 2.06. The molecule has 0 saturated carbocycles. The molecule has 3 heteroatoms. The monoisotopic (exact) mass is 239 g/mol. The van der Waals surface area contributed by atoms with E-state index in [1.54, 1.807) is 0 Å². The van der Waals surface area contributed by atoms with Crippen LogP contribution in [0.2, 0.25) is 0 Å². The molecule has 2 nitrogen and oxygen atoms in total. The van der Waals surface area contributed by atoms with Crippen molar-refractivity contribution in [2.75, 3.05) is 26.7 Å². The molecule has 1 aromatic carbocycles. The molecule has 1 N–H and O–H groups in total. The lowest BCUT2D eigenvalue weighted by atomic mass is 10.1. The van der Waals surface area contributed by atoms with Crippen LogP contribution in [0.1, 0.15) is 18.9 Å². The van der Waals surface area contributed by atoms with E-state index in [9.17, 15) is 4.39 Å². The van der Waals surface area contributed by atoms with Crippen LogP contribution >= 0.6 is 0 Å². The number of benzene rings is 1. The maximum Gasteiger partial charge on any atom is 0.123 e. The molecule has 1 unspecified atom stereocenters. The van der Waals surface area contributed by atoms with E-state index in [-0.39, 0.29) is 12.4 Å². The third kappa shape index (κ3) is 5.29. The smallest absolute Gasteiger partial charge is 0.123 e. The maximum atomic E-state index is 12.7. The van der Waals surface area contributed by atoms with Gasteiger partial charge in [0, 0.05) is 19.7 Å². The van der Waals surface area contributed by atoms with Gasteiger partial charge in [-0.3, -0.25) is 0 Å². The summed E-state index contributed by atoms with van der Waals surface area (Å²) in [6, 6.07) is 6.65. The SMILES string of the molecule is CCC(CO)CN(C)CCc1ccc(F)cc1. The minimum atomic E-state index is -0.187. The average molecular weight is 239 g/mol. The van der Waals surface area contributed by atoms with Gasteiger partial charge in [-0.1, -0.05) is 19.1 Å². The molecular weight excluding hydrogens is 217 g/mol. The van der Waals surface area contributed by atoms with Crippen molar-refractivity contribution in [3.05, 3.63) is 35.6 Å². The Morgan fingerprint density at radius 2 is 1.94 bits per heavy atom. The maximum absolute atomic E-state index is 12.7.